The molecular weight excluding hydrogens is 326 g/mol. The van der Waals surface area contributed by atoms with Gasteiger partial charge < -0.3 is 9.73 Å². The van der Waals surface area contributed by atoms with Gasteiger partial charge in [-0.15, -0.1) is 10.2 Å². The van der Waals surface area contributed by atoms with Crippen LogP contribution in [-0.2, 0) is 16.3 Å². The van der Waals surface area contributed by atoms with Crippen molar-refractivity contribution in [2.45, 2.75) is 55.2 Å². The van der Waals surface area contributed by atoms with Gasteiger partial charge in [0.05, 0.1) is 11.5 Å². The molecule has 0 saturated heterocycles. The van der Waals surface area contributed by atoms with E-state index in [1.807, 2.05) is 12.1 Å². The predicted molar refractivity (Wildman–Crippen MR) is 91.6 cm³/mol. The topological polar surface area (TPSA) is 85.1 Å². The Balaban J connectivity index is 1.52. The number of nitrogens with one attached hydrogen (secondary N) is 1. The molecule has 1 fully saturated rings. The predicted octanol–water partition coefficient (Wildman–Crippen LogP) is 3.22. The molecule has 6 nitrogen and oxygen atoms in total. The highest BCUT2D eigenvalue weighted by Gasteiger charge is 2.30. The summed E-state index contributed by atoms with van der Waals surface area (Å²) < 4.78 is 30.4. The van der Waals surface area contributed by atoms with Crippen LogP contribution in [0.2, 0.25) is 0 Å². The van der Waals surface area contributed by atoms with Crippen molar-refractivity contribution in [3.63, 3.8) is 0 Å². The van der Waals surface area contributed by atoms with Crippen LogP contribution in [-0.4, -0.2) is 30.4 Å². The lowest BCUT2D eigenvalue weighted by Crippen LogP contribution is -2.25. The summed E-state index contributed by atoms with van der Waals surface area (Å²) in [5.74, 6) is 1.55. The molecule has 1 N–H and O–H groups in total. The summed E-state index contributed by atoms with van der Waals surface area (Å²) in [6.45, 7) is 0.726. The van der Waals surface area contributed by atoms with E-state index in [1.165, 1.54) is 0 Å². The van der Waals surface area contributed by atoms with E-state index >= 15 is 0 Å². The van der Waals surface area contributed by atoms with Gasteiger partial charge in [-0.3, -0.25) is 0 Å². The highest BCUT2D eigenvalue weighted by atomic mass is 32.2. The third-order valence-electron chi connectivity index (χ3n) is 4.41. The van der Waals surface area contributed by atoms with Crippen LogP contribution in [0, 0.1) is 0 Å². The van der Waals surface area contributed by atoms with Crippen LogP contribution in [0.25, 0.3) is 0 Å². The molecule has 0 unspecified atom stereocenters. The van der Waals surface area contributed by atoms with Crippen molar-refractivity contribution in [3.05, 3.63) is 36.3 Å². The third kappa shape index (κ3) is 4.14. The molecular formula is C17H23N3O3S. The second-order valence-electron chi connectivity index (χ2n) is 6.17. The fraction of sp³-hybridized carbons (Fsp3) is 0.529. The molecule has 3 rings (SSSR count). The summed E-state index contributed by atoms with van der Waals surface area (Å²) in [7, 11) is -3.35. The highest BCUT2D eigenvalue weighted by Crippen LogP contribution is 2.27. The van der Waals surface area contributed by atoms with Gasteiger partial charge in [-0.05, 0) is 43.5 Å². The minimum Gasteiger partial charge on any atom is -0.469 e. The van der Waals surface area contributed by atoms with Gasteiger partial charge in [-0.1, -0.05) is 19.3 Å². The van der Waals surface area contributed by atoms with E-state index in [9.17, 15) is 8.42 Å². The Bertz CT molecular complexity index is 721. The molecule has 1 aliphatic rings. The molecule has 0 atom stereocenters. The van der Waals surface area contributed by atoms with Gasteiger partial charge >= 0.3 is 0 Å². The van der Waals surface area contributed by atoms with Crippen molar-refractivity contribution < 1.29 is 12.8 Å². The van der Waals surface area contributed by atoms with Crippen molar-refractivity contribution in [1.29, 1.82) is 0 Å². The first kappa shape index (κ1) is 17.0. The molecule has 7 heteroatoms. The van der Waals surface area contributed by atoms with Gasteiger partial charge in [0, 0.05) is 13.0 Å². The number of hydrogen-bond acceptors (Lipinski definition) is 6. The van der Waals surface area contributed by atoms with Crippen molar-refractivity contribution in [2.24, 2.45) is 0 Å². The van der Waals surface area contributed by atoms with Gasteiger partial charge in [0.15, 0.2) is 14.9 Å². The Morgan fingerprint density at radius 2 is 1.96 bits per heavy atom. The summed E-state index contributed by atoms with van der Waals surface area (Å²) in [5.41, 5.74) is 0. The summed E-state index contributed by atoms with van der Waals surface area (Å²) >= 11 is 0. The number of anilines is 1. The smallest absolute Gasteiger partial charge is 0.200 e. The van der Waals surface area contributed by atoms with Crippen LogP contribution in [0.4, 0.5) is 5.82 Å². The SMILES string of the molecule is O=S(=O)(c1ccc(NCCCc2ccco2)nn1)C1CCCCC1. The average molecular weight is 349 g/mol. The van der Waals surface area contributed by atoms with Crippen molar-refractivity contribution >= 4 is 15.7 Å². The third-order valence-corrected chi connectivity index (χ3v) is 6.56. The second-order valence-corrected chi connectivity index (χ2v) is 8.35. The van der Waals surface area contributed by atoms with Crippen molar-refractivity contribution in [1.82, 2.24) is 10.2 Å². The Kier molecular flexibility index (Phi) is 5.50. The molecule has 0 bridgehead atoms. The minimum absolute atomic E-state index is 0.0931. The fourth-order valence-electron chi connectivity index (χ4n) is 3.05. The fourth-order valence-corrected chi connectivity index (χ4v) is 4.75. The summed E-state index contributed by atoms with van der Waals surface area (Å²) in [6, 6.07) is 7.08. The van der Waals surface area contributed by atoms with E-state index in [0.29, 0.717) is 5.82 Å². The molecule has 24 heavy (non-hydrogen) atoms. The molecule has 2 aromatic heterocycles. The normalized spacial score (nSPS) is 16.2. The zero-order valence-electron chi connectivity index (χ0n) is 13.6. The maximum absolute atomic E-state index is 12.6. The van der Waals surface area contributed by atoms with Crippen molar-refractivity contribution in [3.8, 4) is 0 Å². The Morgan fingerprint density at radius 1 is 1.12 bits per heavy atom. The van der Waals surface area contributed by atoms with Crippen LogP contribution >= 0.6 is 0 Å². The highest BCUT2D eigenvalue weighted by molar-refractivity contribution is 7.92. The molecule has 0 aliphatic heterocycles. The Morgan fingerprint density at radius 3 is 2.62 bits per heavy atom. The number of aromatic nitrogens is 2. The van der Waals surface area contributed by atoms with Crippen LogP contribution in [0.15, 0.2) is 40.0 Å². The summed E-state index contributed by atoms with van der Waals surface area (Å²) in [6.07, 6.45) is 7.96. The van der Waals surface area contributed by atoms with Gasteiger partial charge in [0.25, 0.3) is 0 Å². The monoisotopic (exact) mass is 349 g/mol. The lowest BCUT2D eigenvalue weighted by Gasteiger charge is -2.20. The first-order valence-corrected chi connectivity index (χ1v) is 10.0. The molecule has 0 radical (unpaired) electrons. The van der Waals surface area contributed by atoms with Crippen LogP contribution < -0.4 is 5.32 Å². The van der Waals surface area contributed by atoms with Crippen LogP contribution in [0.1, 0.15) is 44.3 Å². The summed E-state index contributed by atoms with van der Waals surface area (Å²) in [5, 5.41) is 10.9. The van der Waals surface area contributed by atoms with E-state index in [0.717, 1.165) is 57.3 Å². The largest absolute Gasteiger partial charge is 0.469 e. The molecule has 2 aromatic rings. The standard InChI is InChI=1S/C17H23N3O3S/c21-24(22,15-8-2-1-3-9-15)17-11-10-16(19-20-17)18-12-4-6-14-7-5-13-23-14/h5,7,10-11,13,15H,1-4,6,8-9,12H2,(H,18,19). The number of aryl methyl sites for hydroxylation is 1. The van der Waals surface area contributed by atoms with E-state index in [1.54, 1.807) is 18.4 Å². The maximum Gasteiger partial charge on any atom is 0.200 e. The van der Waals surface area contributed by atoms with E-state index in [-0.39, 0.29) is 10.3 Å². The summed E-state index contributed by atoms with van der Waals surface area (Å²) in [4.78, 5) is 0. The lowest BCUT2D eigenvalue weighted by atomic mass is 10.0. The number of rotatable bonds is 7. The number of sulfone groups is 1. The van der Waals surface area contributed by atoms with Gasteiger partial charge in [-0.2, -0.15) is 0 Å². The molecule has 2 heterocycles. The molecule has 1 aliphatic carbocycles. The average Bonchev–Trinajstić information content (AvgIpc) is 3.13. The van der Waals surface area contributed by atoms with E-state index in [2.05, 4.69) is 15.5 Å². The molecule has 130 valence electrons. The first-order chi connectivity index (χ1) is 11.7. The molecule has 0 amide bonds. The molecule has 0 spiro atoms. The Hall–Kier alpha value is -1.89. The van der Waals surface area contributed by atoms with E-state index in [4.69, 9.17) is 4.42 Å². The number of nitrogens with zero attached hydrogens (tertiary/aromatic N) is 2. The van der Waals surface area contributed by atoms with Crippen LogP contribution in [0.3, 0.4) is 0 Å². The van der Waals surface area contributed by atoms with Gasteiger partial charge in [-0.25, -0.2) is 8.42 Å². The first-order valence-electron chi connectivity index (χ1n) is 8.50. The van der Waals surface area contributed by atoms with Crippen LogP contribution in [0.5, 0.6) is 0 Å². The number of furan rings is 1. The lowest BCUT2D eigenvalue weighted by molar-refractivity contribution is 0.481. The van der Waals surface area contributed by atoms with Gasteiger partial charge in [0.2, 0.25) is 0 Å². The minimum atomic E-state index is -3.35. The molecule has 1 saturated carbocycles. The maximum atomic E-state index is 12.6. The zero-order valence-corrected chi connectivity index (χ0v) is 14.5. The van der Waals surface area contributed by atoms with Crippen molar-refractivity contribution in [2.75, 3.05) is 11.9 Å². The zero-order chi connectivity index (χ0) is 16.8. The van der Waals surface area contributed by atoms with E-state index < -0.39 is 9.84 Å². The quantitative estimate of drug-likeness (QED) is 0.773. The number of hydrogen-bond donors (Lipinski definition) is 1. The second kappa shape index (κ2) is 7.79. The molecule has 0 aromatic carbocycles. The Labute approximate surface area is 142 Å². The van der Waals surface area contributed by atoms with Gasteiger partial charge in [0.1, 0.15) is 11.6 Å².